The maximum absolute atomic E-state index is 11.7. The molecule has 0 bridgehead atoms. The number of nitrogens with zero attached hydrogens (tertiary/aromatic N) is 1. The molecule has 19 heavy (non-hydrogen) atoms. The molecule has 2 aromatic rings. The predicted octanol–water partition coefficient (Wildman–Crippen LogP) is 1.11. The van der Waals surface area contributed by atoms with Gasteiger partial charge in [-0.05, 0) is 30.7 Å². The summed E-state index contributed by atoms with van der Waals surface area (Å²) >= 11 is 3.31. The molecule has 7 heteroatoms. The highest BCUT2D eigenvalue weighted by Crippen LogP contribution is 2.21. The molecule has 0 saturated carbocycles. The Morgan fingerprint density at radius 2 is 2.05 bits per heavy atom. The number of aromatic amines is 1. The standard InChI is InChI=1S/C12H9BrN2O4/c1-6-4-7(2-3-9(6)13)15-11(18)8(5-16)10(17)14-12(15)19/h2-5,18H,1H3,(H,14,17,19). The van der Waals surface area contributed by atoms with Crippen molar-refractivity contribution in [3.8, 4) is 11.6 Å². The van der Waals surface area contributed by atoms with Gasteiger partial charge in [0.25, 0.3) is 5.56 Å². The molecule has 6 nitrogen and oxygen atoms in total. The van der Waals surface area contributed by atoms with Gasteiger partial charge in [-0.2, -0.15) is 0 Å². The van der Waals surface area contributed by atoms with Crippen LogP contribution in [0, 0.1) is 6.92 Å². The molecule has 0 radical (unpaired) electrons. The van der Waals surface area contributed by atoms with E-state index in [2.05, 4.69) is 15.9 Å². The average Bonchev–Trinajstić information content (AvgIpc) is 2.33. The summed E-state index contributed by atoms with van der Waals surface area (Å²) in [6.45, 7) is 1.81. The molecule has 0 aliphatic heterocycles. The molecular weight excluding hydrogens is 316 g/mol. The van der Waals surface area contributed by atoms with Crippen molar-refractivity contribution in [2.24, 2.45) is 0 Å². The van der Waals surface area contributed by atoms with Gasteiger partial charge in [0.1, 0.15) is 5.56 Å². The zero-order chi connectivity index (χ0) is 14.2. The highest BCUT2D eigenvalue weighted by atomic mass is 79.9. The molecule has 98 valence electrons. The number of H-pyrrole nitrogens is 1. The summed E-state index contributed by atoms with van der Waals surface area (Å²) in [6, 6.07) is 4.91. The van der Waals surface area contributed by atoms with Crippen LogP contribution in [-0.2, 0) is 0 Å². The molecule has 1 aromatic heterocycles. The number of carbonyl (C=O) groups excluding carboxylic acids is 1. The van der Waals surface area contributed by atoms with Crippen LogP contribution in [0.1, 0.15) is 15.9 Å². The largest absolute Gasteiger partial charge is 0.493 e. The molecule has 1 aromatic carbocycles. The zero-order valence-corrected chi connectivity index (χ0v) is 11.4. The summed E-state index contributed by atoms with van der Waals surface area (Å²) in [6.07, 6.45) is 0.204. The third-order valence-electron chi connectivity index (χ3n) is 2.64. The van der Waals surface area contributed by atoms with Crippen molar-refractivity contribution in [1.82, 2.24) is 9.55 Å². The van der Waals surface area contributed by atoms with Crippen LogP contribution in [0.15, 0.2) is 32.3 Å². The molecule has 0 unspecified atom stereocenters. The number of benzene rings is 1. The van der Waals surface area contributed by atoms with Crippen molar-refractivity contribution in [3.05, 3.63) is 54.6 Å². The number of aryl methyl sites for hydroxylation is 1. The van der Waals surface area contributed by atoms with Crippen LogP contribution in [0.5, 0.6) is 5.88 Å². The van der Waals surface area contributed by atoms with E-state index < -0.39 is 22.7 Å². The van der Waals surface area contributed by atoms with E-state index in [1.54, 1.807) is 18.2 Å². The fraction of sp³-hybridized carbons (Fsp3) is 0.0833. The summed E-state index contributed by atoms with van der Waals surface area (Å²) in [5.74, 6) is -0.675. The van der Waals surface area contributed by atoms with E-state index in [0.717, 1.165) is 14.6 Å². The van der Waals surface area contributed by atoms with E-state index in [9.17, 15) is 19.5 Å². The first-order chi connectivity index (χ1) is 8.95. The van der Waals surface area contributed by atoms with Gasteiger partial charge < -0.3 is 5.11 Å². The maximum Gasteiger partial charge on any atom is 0.335 e. The van der Waals surface area contributed by atoms with Crippen LogP contribution in [-0.4, -0.2) is 20.9 Å². The van der Waals surface area contributed by atoms with Crippen LogP contribution in [0.25, 0.3) is 5.69 Å². The predicted molar refractivity (Wildman–Crippen MR) is 72.1 cm³/mol. The first-order valence-corrected chi connectivity index (χ1v) is 6.05. The lowest BCUT2D eigenvalue weighted by molar-refractivity contribution is 0.111. The monoisotopic (exact) mass is 324 g/mol. The second-order valence-corrected chi connectivity index (χ2v) is 4.74. The quantitative estimate of drug-likeness (QED) is 0.809. The summed E-state index contributed by atoms with van der Waals surface area (Å²) in [5, 5.41) is 9.86. The fourth-order valence-corrected chi connectivity index (χ4v) is 1.90. The maximum atomic E-state index is 11.7. The number of carbonyl (C=O) groups is 1. The van der Waals surface area contributed by atoms with E-state index in [1.165, 1.54) is 0 Å². The Morgan fingerprint density at radius 3 is 2.63 bits per heavy atom. The van der Waals surface area contributed by atoms with Crippen LogP contribution in [0.2, 0.25) is 0 Å². The highest BCUT2D eigenvalue weighted by molar-refractivity contribution is 9.10. The SMILES string of the molecule is Cc1cc(-n2c(O)c(C=O)c(=O)[nH]c2=O)ccc1Br. The number of aldehydes is 1. The van der Waals surface area contributed by atoms with Crippen LogP contribution in [0.3, 0.4) is 0 Å². The Bertz CT molecular complexity index is 776. The van der Waals surface area contributed by atoms with Gasteiger partial charge in [-0.1, -0.05) is 15.9 Å². The van der Waals surface area contributed by atoms with E-state index in [4.69, 9.17) is 0 Å². The van der Waals surface area contributed by atoms with E-state index in [-0.39, 0.29) is 6.29 Å². The number of nitrogens with one attached hydrogen (secondary N) is 1. The zero-order valence-electron chi connectivity index (χ0n) is 9.81. The topological polar surface area (TPSA) is 92.2 Å². The molecule has 0 amide bonds. The number of hydrogen-bond acceptors (Lipinski definition) is 4. The number of rotatable bonds is 2. The summed E-state index contributed by atoms with van der Waals surface area (Å²) in [4.78, 5) is 35.8. The minimum atomic E-state index is -0.914. The number of hydrogen-bond donors (Lipinski definition) is 2. The lowest BCUT2D eigenvalue weighted by Crippen LogP contribution is -2.31. The molecule has 0 aliphatic carbocycles. The van der Waals surface area contributed by atoms with Gasteiger partial charge in [0.15, 0.2) is 6.29 Å². The van der Waals surface area contributed by atoms with Crippen molar-refractivity contribution in [2.45, 2.75) is 6.92 Å². The highest BCUT2D eigenvalue weighted by Gasteiger charge is 2.15. The molecule has 2 N–H and O–H groups in total. The Labute approximate surface area is 115 Å². The third-order valence-corrected chi connectivity index (χ3v) is 3.53. The molecule has 1 heterocycles. The Morgan fingerprint density at radius 1 is 1.37 bits per heavy atom. The number of halogens is 1. The van der Waals surface area contributed by atoms with Crippen molar-refractivity contribution in [1.29, 1.82) is 0 Å². The molecule has 0 saturated heterocycles. The second-order valence-electron chi connectivity index (χ2n) is 3.88. The first kappa shape index (κ1) is 13.3. The Kier molecular flexibility index (Phi) is 3.39. The first-order valence-electron chi connectivity index (χ1n) is 5.25. The normalized spacial score (nSPS) is 10.4. The molecule has 0 atom stereocenters. The summed E-state index contributed by atoms with van der Waals surface area (Å²) in [5.41, 5.74) is -1.03. The molecule has 0 fully saturated rings. The fourth-order valence-electron chi connectivity index (χ4n) is 1.65. The molecule has 2 rings (SSSR count). The minimum absolute atomic E-state index is 0.204. The number of aromatic nitrogens is 2. The lowest BCUT2D eigenvalue weighted by atomic mass is 10.2. The van der Waals surface area contributed by atoms with Gasteiger partial charge in [0, 0.05) is 4.47 Å². The van der Waals surface area contributed by atoms with Crippen LogP contribution >= 0.6 is 15.9 Å². The van der Waals surface area contributed by atoms with Gasteiger partial charge in [0.2, 0.25) is 5.88 Å². The smallest absolute Gasteiger partial charge is 0.335 e. The Hall–Kier alpha value is -2.15. The minimum Gasteiger partial charge on any atom is -0.493 e. The van der Waals surface area contributed by atoms with E-state index in [1.807, 2.05) is 11.9 Å². The van der Waals surface area contributed by atoms with Crippen LogP contribution < -0.4 is 11.2 Å². The Balaban J connectivity index is 2.82. The van der Waals surface area contributed by atoms with Gasteiger partial charge in [0.05, 0.1) is 5.69 Å². The van der Waals surface area contributed by atoms with E-state index >= 15 is 0 Å². The average molecular weight is 325 g/mol. The van der Waals surface area contributed by atoms with Crippen molar-refractivity contribution < 1.29 is 9.90 Å². The van der Waals surface area contributed by atoms with Crippen molar-refractivity contribution >= 4 is 22.2 Å². The lowest BCUT2D eigenvalue weighted by Gasteiger charge is -2.10. The molecule has 0 spiro atoms. The van der Waals surface area contributed by atoms with Gasteiger partial charge >= 0.3 is 5.69 Å². The molecule has 0 aliphatic rings. The number of aromatic hydroxyl groups is 1. The van der Waals surface area contributed by atoms with Crippen molar-refractivity contribution in [3.63, 3.8) is 0 Å². The van der Waals surface area contributed by atoms with E-state index in [0.29, 0.717) is 5.69 Å². The molecular formula is C12H9BrN2O4. The summed E-state index contributed by atoms with van der Waals surface area (Å²) < 4.78 is 1.70. The van der Waals surface area contributed by atoms with Gasteiger partial charge in [-0.25, -0.2) is 9.36 Å². The summed E-state index contributed by atoms with van der Waals surface area (Å²) in [7, 11) is 0. The van der Waals surface area contributed by atoms with Gasteiger partial charge in [-0.15, -0.1) is 0 Å². The van der Waals surface area contributed by atoms with Crippen LogP contribution in [0.4, 0.5) is 0 Å². The van der Waals surface area contributed by atoms with Crippen molar-refractivity contribution in [2.75, 3.05) is 0 Å². The second kappa shape index (κ2) is 4.85. The van der Waals surface area contributed by atoms with Gasteiger partial charge in [-0.3, -0.25) is 14.6 Å². The third kappa shape index (κ3) is 2.24.